The molecule has 2 aliphatic rings. The normalized spacial score (nSPS) is 24.1. The van der Waals surface area contributed by atoms with Gasteiger partial charge in [0.2, 0.25) is 5.91 Å². The summed E-state index contributed by atoms with van der Waals surface area (Å²) >= 11 is 0. The zero-order valence-corrected chi connectivity index (χ0v) is 12.8. The molecule has 20 heavy (non-hydrogen) atoms. The molecule has 0 aromatic rings. The maximum atomic E-state index is 12.3. The quantitative estimate of drug-likeness (QED) is 0.773. The van der Waals surface area contributed by atoms with Crippen molar-refractivity contribution < 1.29 is 9.53 Å². The number of piperidine rings is 1. The molecule has 0 radical (unpaired) electrons. The molecule has 1 atom stereocenters. The summed E-state index contributed by atoms with van der Waals surface area (Å²) in [5.74, 6) is 0.971. The van der Waals surface area contributed by atoms with Crippen molar-refractivity contribution in [3.05, 3.63) is 0 Å². The highest BCUT2D eigenvalue weighted by atomic mass is 16.5. The van der Waals surface area contributed by atoms with E-state index in [1.165, 1.54) is 12.8 Å². The molecule has 2 rings (SSSR count). The summed E-state index contributed by atoms with van der Waals surface area (Å²) in [5.41, 5.74) is 0. The first-order valence-corrected chi connectivity index (χ1v) is 8.08. The highest BCUT2D eigenvalue weighted by molar-refractivity contribution is 5.78. The van der Waals surface area contributed by atoms with Gasteiger partial charge in [-0.1, -0.05) is 6.92 Å². The maximum absolute atomic E-state index is 12.3. The van der Waals surface area contributed by atoms with E-state index in [9.17, 15) is 4.79 Å². The summed E-state index contributed by atoms with van der Waals surface area (Å²) in [5, 5.41) is 3.46. The third-order valence-electron chi connectivity index (χ3n) is 4.18. The third-order valence-corrected chi connectivity index (χ3v) is 4.18. The van der Waals surface area contributed by atoms with E-state index < -0.39 is 0 Å². The Hall–Kier alpha value is -0.650. The van der Waals surface area contributed by atoms with Gasteiger partial charge in [0.1, 0.15) is 0 Å². The van der Waals surface area contributed by atoms with Crippen molar-refractivity contribution in [3.63, 3.8) is 0 Å². The molecule has 1 unspecified atom stereocenters. The first-order valence-electron chi connectivity index (χ1n) is 8.08. The highest BCUT2D eigenvalue weighted by Crippen LogP contribution is 2.12. The predicted molar refractivity (Wildman–Crippen MR) is 79.7 cm³/mol. The average molecular weight is 283 g/mol. The van der Waals surface area contributed by atoms with Gasteiger partial charge in [-0.2, -0.15) is 0 Å². The van der Waals surface area contributed by atoms with Crippen molar-refractivity contribution in [2.75, 3.05) is 59.0 Å². The van der Waals surface area contributed by atoms with Gasteiger partial charge in [-0.25, -0.2) is 0 Å². The monoisotopic (exact) mass is 283 g/mol. The first kappa shape index (κ1) is 15.7. The number of carbonyl (C=O) groups is 1. The molecule has 2 fully saturated rings. The number of nitrogens with one attached hydrogen (secondary N) is 1. The topological polar surface area (TPSA) is 44.8 Å². The number of morpholine rings is 1. The van der Waals surface area contributed by atoms with Crippen LogP contribution < -0.4 is 5.32 Å². The van der Waals surface area contributed by atoms with Crippen LogP contribution in [0.1, 0.15) is 26.2 Å². The zero-order valence-electron chi connectivity index (χ0n) is 12.8. The van der Waals surface area contributed by atoms with Crippen LogP contribution in [0, 0.1) is 5.92 Å². The number of ether oxygens (including phenoxy) is 1. The standard InChI is InChI=1S/C15H29N3O2/c1-2-6-17(12-14-4-3-5-16-11-14)13-15(19)18-7-9-20-10-8-18/h14,16H,2-13H2,1H3. The Morgan fingerprint density at radius 3 is 2.85 bits per heavy atom. The smallest absolute Gasteiger partial charge is 0.236 e. The highest BCUT2D eigenvalue weighted by Gasteiger charge is 2.22. The van der Waals surface area contributed by atoms with Crippen molar-refractivity contribution in [2.24, 2.45) is 5.92 Å². The van der Waals surface area contributed by atoms with E-state index in [4.69, 9.17) is 4.74 Å². The molecular formula is C15H29N3O2. The fourth-order valence-corrected chi connectivity index (χ4v) is 3.10. The molecule has 1 N–H and O–H groups in total. The van der Waals surface area contributed by atoms with Crippen molar-refractivity contribution >= 4 is 5.91 Å². The summed E-state index contributed by atoms with van der Waals surface area (Å²) in [4.78, 5) is 16.6. The Morgan fingerprint density at radius 2 is 2.20 bits per heavy atom. The minimum atomic E-state index is 0.269. The van der Waals surface area contributed by atoms with Crippen LogP contribution in [-0.2, 0) is 9.53 Å². The van der Waals surface area contributed by atoms with Gasteiger partial charge in [0, 0.05) is 19.6 Å². The largest absolute Gasteiger partial charge is 0.378 e. The van der Waals surface area contributed by atoms with E-state index in [0.717, 1.165) is 45.7 Å². The van der Waals surface area contributed by atoms with Crippen LogP contribution >= 0.6 is 0 Å². The maximum Gasteiger partial charge on any atom is 0.236 e. The predicted octanol–water partition coefficient (Wildman–Crippen LogP) is 0.557. The Balaban J connectivity index is 1.79. The molecule has 2 saturated heterocycles. The Labute approximate surface area is 122 Å². The van der Waals surface area contributed by atoms with Gasteiger partial charge in [0.15, 0.2) is 0 Å². The van der Waals surface area contributed by atoms with Gasteiger partial charge in [-0.05, 0) is 44.8 Å². The molecule has 5 heteroatoms. The van der Waals surface area contributed by atoms with Crippen molar-refractivity contribution in [2.45, 2.75) is 26.2 Å². The van der Waals surface area contributed by atoms with Crippen molar-refractivity contribution in [1.82, 2.24) is 15.1 Å². The molecule has 1 amide bonds. The minimum absolute atomic E-state index is 0.269. The van der Waals surface area contributed by atoms with E-state index in [2.05, 4.69) is 17.1 Å². The van der Waals surface area contributed by atoms with Gasteiger partial charge >= 0.3 is 0 Å². The van der Waals surface area contributed by atoms with E-state index in [1.807, 2.05) is 4.90 Å². The van der Waals surface area contributed by atoms with Crippen LogP contribution in [0.3, 0.4) is 0 Å². The number of hydrogen-bond acceptors (Lipinski definition) is 4. The number of hydrogen-bond donors (Lipinski definition) is 1. The second-order valence-electron chi connectivity index (χ2n) is 5.94. The number of amides is 1. The summed E-state index contributed by atoms with van der Waals surface area (Å²) < 4.78 is 5.31. The average Bonchev–Trinajstić information content (AvgIpc) is 2.49. The fraction of sp³-hybridized carbons (Fsp3) is 0.933. The molecule has 116 valence electrons. The SMILES string of the molecule is CCCN(CC(=O)N1CCOCC1)CC1CCCNC1. The summed E-state index contributed by atoms with van der Waals surface area (Å²) in [6, 6.07) is 0. The Kier molecular flexibility index (Phi) is 6.76. The molecule has 0 aliphatic carbocycles. The van der Waals surface area contributed by atoms with Gasteiger partial charge < -0.3 is 15.0 Å². The molecule has 0 spiro atoms. The van der Waals surface area contributed by atoms with Crippen LogP contribution in [0.15, 0.2) is 0 Å². The van der Waals surface area contributed by atoms with Crippen LogP contribution in [-0.4, -0.2) is 74.7 Å². The minimum Gasteiger partial charge on any atom is -0.378 e. The lowest BCUT2D eigenvalue weighted by Crippen LogP contribution is -2.47. The molecule has 5 nitrogen and oxygen atoms in total. The van der Waals surface area contributed by atoms with Crippen molar-refractivity contribution in [3.8, 4) is 0 Å². The second-order valence-corrected chi connectivity index (χ2v) is 5.94. The zero-order chi connectivity index (χ0) is 14.2. The van der Waals surface area contributed by atoms with E-state index in [0.29, 0.717) is 25.7 Å². The van der Waals surface area contributed by atoms with Gasteiger partial charge in [-0.3, -0.25) is 9.69 Å². The van der Waals surface area contributed by atoms with Crippen LogP contribution in [0.5, 0.6) is 0 Å². The lowest BCUT2D eigenvalue weighted by Gasteiger charge is -2.32. The number of rotatable bonds is 6. The lowest BCUT2D eigenvalue weighted by atomic mass is 9.99. The lowest BCUT2D eigenvalue weighted by molar-refractivity contribution is -0.136. The molecule has 2 aliphatic heterocycles. The summed E-state index contributed by atoms with van der Waals surface area (Å²) in [7, 11) is 0. The van der Waals surface area contributed by atoms with E-state index in [1.54, 1.807) is 0 Å². The summed E-state index contributed by atoms with van der Waals surface area (Å²) in [6.07, 6.45) is 3.66. The van der Waals surface area contributed by atoms with Crippen LogP contribution in [0.4, 0.5) is 0 Å². The van der Waals surface area contributed by atoms with Gasteiger partial charge in [0.05, 0.1) is 19.8 Å². The molecule has 0 aromatic heterocycles. The molecule has 0 bridgehead atoms. The summed E-state index contributed by atoms with van der Waals surface area (Å²) in [6.45, 7) is 9.97. The van der Waals surface area contributed by atoms with Crippen molar-refractivity contribution in [1.29, 1.82) is 0 Å². The van der Waals surface area contributed by atoms with E-state index >= 15 is 0 Å². The van der Waals surface area contributed by atoms with Crippen LogP contribution in [0.25, 0.3) is 0 Å². The Bertz CT molecular complexity index is 287. The van der Waals surface area contributed by atoms with Gasteiger partial charge in [-0.15, -0.1) is 0 Å². The van der Waals surface area contributed by atoms with E-state index in [-0.39, 0.29) is 5.91 Å². The molecule has 0 saturated carbocycles. The first-order chi connectivity index (χ1) is 9.79. The van der Waals surface area contributed by atoms with Crippen LogP contribution in [0.2, 0.25) is 0 Å². The number of nitrogens with zero attached hydrogens (tertiary/aromatic N) is 2. The third kappa shape index (κ3) is 5.04. The number of carbonyl (C=O) groups excluding carboxylic acids is 1. The fourth-order valence-electron chi connectivity index (χ4n) is 3.10. The Morgan fingerprint density at radius 1 is 1.40 bits per heavy atom. The molecular weight excluding hydrogens is 254 g/mol. The molecule has 2 heterocycles. The second kappa shape index (κ2) is 8.60. The van der Waals surface area contributed by atoms with Gasteiger partial charge in [0.25, 0.3) is 0 Å². The molecule has 0 aromatic carbocycles.